The fourth-order valence-corrected chi connectivity index (χ4v) is 3.79. The normalized spacial score (nSPS) is 22.5. The van der Waals surface area contributed by atoms with Crippen molar-refractivity contribution in [1.29, 1.82) is 0 Å². The van der Waals surface area contributed by atoms with Crippen molar-refractivity contribution in [2.24, 2.45) is 5.73 Å². The van der Waals surface area contributed by atoms with Crippen molar-refractivity contribution < 1.29 is 8.42 Å². The summed E-state index contributed by atoms with van der Waals surface area (Å²) in [7, 11) is -1.72. The van der Waals surface area contributed by atoms with Crippen LogP contribution in [0.25, 0.3) is 0 Å². The van der Waals surface area contributed by atoms with E-state index in [1.807, 2.05) is 0 Å². The third kappa shape index (κ3) is 4.28. The monoisotopic (exact) mass is 253 g/mol. The quantitative estimate of drug-likeness (QED) is 0.676. The summed E-state index contributed by atoms with van der Waals surface area (Å²) < 4.78 is 27.6. The van der Waals surface area contributed by atoms with Crippen molar-refractivity contribution in [3.8, 4) is 0 Å². The lowest BCUT2D eigenvalue weighted by atomic mass is 10.3. The Bertz CT molecular complexity index is 276. The molecule has 90 valence electrons. The third-order valence-electron chi connectivity index (χ3n) is 2.33. The molecule has 0 aromatic carbocycles. The van der Waals surface area contributed by atoms with E-state index in [1.165, 1.54) is 4.31 Å². The Balaban J connectivity index is 2.42. The maximum absolute atomic E-state index is 11.8. The molecule has 1 fully saturated rings. The molecule has 1 aliphatic heterocycles. The first-order chi connectivity index (χ1) is 7.06. The Hall–Kier alpha value is 0.180. The van der Waals surface area contributed by atoms with Gasteiger partial charge in [0, 0.05) is 25.4 Å². The molecule has 0 aliphatic carbocycles. The lowest BCUT2D eigenvalue weighted by Gasteiger charge is -2.20. The van der Waals surface area contributed by atoms with Gasteiger partial charge in [0.05, 0.1) is 0 Å². The summed E-state index contributed by atoms with van der Waals surface area (Å²) >= 11 is 1.79. The van der Waals surface area contributed by atoms with E-state index < -0.39 is 10.2 Å². The number of nitrogens with zero attached hydrogens (tertiary/aromatic N) is 1. The van der Waals surface area contributed by atoms with Crippen LogP contribution in [0.2, 0.25) is 0 Å². The molecule has 0 saturated carbocycles. The molecule has 0 amide bonds. The van der Waals surface area contributed by atoms with E-state index in [-0.39, 0.29) is 6.04 Å². The van der Waals surface area contributed by atoms with Gasteiger partial charge in [-0.3, -0.25) is 0 Å². The first kappa shape index (κ1) is 13.2. The van der Waals surface area contributed by atoms with Crippen LogP contribution < -0.4 is 10.5 Å². The molecule has 0 radical (unpaired) electrons. The van der Waals surface area contributed by atoms with E-state index in [1.54, 1.807) is 18.8 Å². The zero-order valence-corrected chi connectivity index (χ0v) is 10.6. The van der Waals surface area contributed by atoms with Crippen LogP contribution in [0.1, 0.15) is 12.8 Å². The molecule has 3 N–H and O–H groups in total. The van der Waals surface area contributed by atoms with Crippen molar-refractivity contribution >= 4 is 22.0 Å². The minimum Gasteiger partial charge on any atom is -0.330 e. The fraction of sp³-hybridized carbons (Fsp3) is 1.00. The van der Waals surface area contributed by atoms with Crippen molar-refractivity contribution in [3.05, 3.63) is 0 Å². The van der Waals surface area contributed by atoms with E-state index in [9.17, 15) is 8.42 Å². The molecule has 0 aromatic rings. The minimum atomic E-state index is -3.30. The Labute approximate surface area is 96.0 Å². The molecule has 1 unspecified atom stereocenters. The molecule has 1 rings (SSSR count). The smallest absolute Gasteiger partial charge is 0.279 e. The zero-order valence-electron chi connectivity index (χ0n) is 8.98. The average Bonchev–Trinajstić information content (AvgIpc) is 2.65. The van der Waals surface area contributed by atoms with Gasteiger partial charge in [0.1, 0.15) is 0 Å². The molecular weight excluding hydrogens is 234 g/mol. The van der Waals surface area contributed by atoms with Crippen LogP contribution >= 0.6 is 11.8 Å². The first-order valence-corrected chi connectivity index (χ1v) is 7.67. The number of hydrogen-bond donors (Lipinski definition) is 2. The van der Waals surface area contributed by atoms with E-state index >= 15 is 0 Å². The predicted molar refractivity (Wildman–Crippen MR) is 64.1 cm³/mol. The molecule has 0 bridgehead atoms. The predicted octanol–water partition coefficient (Wildman–Crippen LogP) is -0.393. The molecule has 0 spiro atoms. The summed E-state index contributed by atoms with van der Waals surface area (Å²) in [6, 6.07) is 0.0975. The van der Waals surface area contributed by atoms with Crippen molar-refractivity contribution in [2.45, 2.75) is 18.9 Å². The van der Waals surface area contributed by atoms with Gasteiger partial charge in [-0.05, 0) is 25.1 Å². The van der Waals surface area contributed by atoms with Crippen LogP contribution in [0.5, 0.6) is 0 Å². The van der Waals surface area contributed by atoms with E-state index in [0.29, 0.717) is 19.5 Å². The SMILES string of the molecule is CN(CCCN)S(=O)(=O)NC1CCSC1. The zero-order chi connectivity index (χ0) is 11.3. The fourth-order valence-electron chi connectivity index (χ4n) is 1.36. The average molecular weight is 253 g/mol. The largest absolute Gasteiger partial charge is 0.330 e. The Morgan fingerprint density at radius 1 is 1.60 bits per heavy atom. The Kier molecular flexibility index (Phi) is 5.34. The highest BCUT2D eigenvalue weighted by atomic mass is 32.2. The second-order valence-corrected chi connectivity index (χ2v) is 6.61. The summed E-state index contributed by atoms with van der Waals surface area (Å²) in [4.78, 5) is 0. The van der Waals surface area contributed by atoms with Crippen molar-refractivity contribution in [3.63, 3.8) is 0 Å². The molecule has 1 saturated heterocycles. The second kappa shape index (κ2) is 6.05. The summed E-state index contributed by atoms with van der Waals surface area (Å²) in [5, 5.41) is 0. The lowest BCUT2D eigenvalue weighted by molar-refractivity contribution is 0.445. The van der Waals surface area contributed by atoms with Crippen LogP contribution in [-0.4, -0.2) is 50.4 Å². The Morgan fingerprint density at radius 2 is 2.33 bits per heavy atom. The van der Waals surface area contributed by atoms with Gasteiger partial charge in [-0.1, -0.05) is 0 Å². The minimum absolute atomic E-state index is 0.0975. The van der Waals surface area contributed by atoms with Gasteiger partial charge in [-0.2, -0.15) is 29.2 Å². The number of rotatable bonds is 6. The van der Waals surface area contributed by atoms with E-state index in [2.05, 4.69) is 4.72 Å². The summed E-state index contributed by atoms with van der Waals surface area (Å²) in [5.41, 5.74) is 5.34. The van der Waals surface area contributed by atoms with Crippen LogP contribution in [-0.2, 0) is 10.2 Å². The summed E-state index contributed by atoms with van der Waals surface area (Å²) in [5.74, 6) is 1.92. The van der Waals surface area contributed by atoms with Crippen molar-refractivity contribution in [1.82, 2.24) is 9.03 Å². The molecular formula is C8H19N3O2S2. The molecule has 1 atom stereocenters. The van der Waals surface area contributed by atoms with Crippen LogP contribution in [0.4, 0.5) is 0 Å². The molecule has 7 heteroatoms. The summed E-state index contributed by atoms with van der Waals surface area (Å²) in [6.45, 7) is 0.991. The number of thioether (sulfide) groups is 1. The first-order valence-electron chi connectivity index (χ1n) is 5.07. The molecule has 0 aromatic heterocycles. The van der Waals surface area contributed by atoms with E-state index in [0.717, 1.165) is 17.9 Å². The van der Waals surface area contributed by atoms with Gasteiger partial charge < -0.3 is 5.73 Å². The van der Waals surface area contributed by atoms with Gasteiger partial charge in [0.15, 0.2) is 0 Å². The van der Waals surface area contributed by atoms with Gasteiger partial charge in [0.2, 0.25) is 0 Å². The van der Waals surface area contributed by atoms with Crippen LogP contribution in [0.3, 0.4) is 0 Å². The maximum Gasteiger partial charge on any atom is 0.279 e. The van der Waals surface area contributed by atoms with Crippen molar-refractivity contribution in [2.75, 3.05) is 31.6 Å². The standard InChI is InChI=1S/C8H19N3O2S2/c1-11(5-2-4-9)15(12,13)10-8-3-6-14-7-8/h8,10H,2-7,9H2,1H3. The van der Waals surface area contributed by atoms with Crippen LogP contribution in [0.15, 0.2) is 0 Å². The highest BCUT2D eigenvalue weighted by Gasteiger charge is 2.24. The molecule has 15 heavy (non-hydrogen) atoms. The highest BCUT2D eigenvalue weighted by Crippen LogP contribution is 2.18. The van der Waals surface area contributed by atoms with Gasteiger partial charge in [-0.25, -0.2) is 0 Å². The maximum atomic E-state index is 11.8. The molecule has 1 heterocycles. The van der Waals surface area contributed by atoms with Gasteiger partial charge in [-0.15, -0.1) is 0 Å². The number of hydrogen-bond acceptors (Lipinski definition) is 4. The highest BCUT2D eigenvalue weighted by molar-refractivity contribution is 7.99. The topological polar surface area (TPSA) is 75.4 Å². The van der Waals surface area contributed by atoms with Crippen LogP contribution in [0, 0.1) is 0 Å². The third-order valence-corrected chi connectivity index (χ3v) is 5.13. The number of nitrogens with two attached hydrogens (primary N) is 1. The van der Waals surface area contributed by atoms with E-state index in [4.69, 9.17) is 5.73 Å². The molecule has 5 nitrogen and oxygen atoms in total. The summed E-state index contributed by atoms with van der Waals surface area (Å²) in [6.07, 6.45) is 1.62. The van der Waals surface area contributed by atoms with Gasteiger partial charge in [0.25, 0.3) is 10.2 Å². The molecule has 1 aliphatic rings. The Morgan fingerprint density at radius 3 is 2.87 bits per heavy atom. The van der Waals surface area contributed by atoms with Gasteiger partial charge >= 0.3 is 0 Å². The number of nitrogens with one attached hydrogen (secondary N) is 1. The second-order valence-electron chi connectivity index (χ2n) is 3.65. The lowest BCUT2D eigenvalue weighted by Crippen LogP contribution is -2.44.